The molecule has 1 N–H and O–H groups in total. The number of rotatable bonds is 2. The summed E-state index contributed by atoms with van der Waals surface area (Å²) in [7, 11) is 0. The molecule has 2 atom stereocenters. The maximum absolute atomic E-state index is 12.3. The fraction of sp³-hybridized carbons (Fsp3) is 0.333. The van der Waals surface area contributed by atoms with E-state index in [0.717, 1.165) is 17.3 Å². The van der Waals surface area contributed by atoms with Crippen molar-refractivity contribution < 1.29 is 9.53 Å². The summed E-state index contributed by atoms with van der Waals surface area (Å²) in [5, 5.41) is 4.34. The molecule has 0 aliphatic carbocycles. The molecule has 4 nitrogen and oxygen atoms in total. The van der Waals surface area contributed by atoms with Crippen molar-refractivity contribution in [1.82, 2.24) is 10.3 Å². The molecule has 2 aromatic rings. The molecule has 2 heterocycles. The zero-order valence-electron chi connectivity index (χ0n) is 11.1. The van der Waals surface area contributed by atoms with Gasteiger partial charge in [0.15, 0.2) is 0 Å². The maximum Gasteiger partial charge on any atom is 0.270 e. The van der Waals surface area contributed by atoms with Gasteiger partial charge in [-0.3, -0.25) is 4.79 Å². The van der Waals surface area contributed by atoms with Crippen LogP contribution >= 0.6 is 11.6 Å². The molecule has 1 saturated heterocycles. The van der Waals surface area contributed by atoms with Crippen LogP contribution in [0.5, 0.6) is 0 Å². The van der Waals surface area contributed by atoms with E-state index in [1.165, 1.54) is 0 Å². The zero-order valence-corrected chi connectivity index (χ0v) is 11.9. The van der Waals surface area contributed by atoms with Crippen molar-refractivity contribution in [1.29, 1.82) is 0 Å². The molecule has 2 unspecified atom stereocenters. The third-order valence-corrected chi connectivity index (χ3v) is 3.90. The molecule has 104 valence electrons. The van der Waals surface area contributed by atoms with Crippen LogP contribution in [0.1, 0.15) is 23.8 Å². The van der Waals surface area contributed by atoms with Gasteiger partial charge in [-0.1, -0.05) is 29.8 Å². The van der Waals surface area contributed by atoms with Gasteiger partial charge in [0.05, 0.1) is 22.7 Å². The first-order chi connectivity index (χ1) is 9.65. The molecule has 0 radical (unpaired) electrons. The van der Waals surface area contributed by atoms with Gasteiger partial charge in [0.25, 0.3) is 5.91 Å². The van der Waals surface area contributed by atoms with Crippen molar-refractivity contribution >= 4 is 28.4 Å². The molecule has 1 aromatic carbocycles. The lowest BCUT2D eigenvalue weighted by atomic mass is 10.1. The smallest absolute Gasteiger partial charge is 0.270 e. The summed E-state index contributed by atoms with van der Waals surface area (Å²) in [6.07, 6.45) is 0.865. The summed E-state index contributed by atoms with van der Waals surface area (Å²) >= 11 is 6.21. The first-order valence-corrected chi connectivity index (χ1v) is 7.00. The van der Waals surface area contributed by atoms with Crippen LogP contribution < -0.4 is 5.32 Å². The van der Waals surface area contributed by atoms with Crippen molar-refractivity contribution in [3.63, 3.8) is 0 Å². The summed E-state index contributed by atoms with van der Waals surface area (Å²) in [4.78, 5) is 16.6. The summed E-state index contributed by atoms with van der Waals surface area (Å²) in [5.41, 5.74) is 1.06. The Hall–Kier alpha value is -1.65. The van der Waals surface area contributed by atoms with Crippen LogP contribution in [0.3, 0.4) is 0 Å². The van der Waals surface area contributed by atoms with Crippen molar-refractivity contribution in [3.8, 4) is 0 Å². The van der Waals surface area contributed by atoms with E-state index in [2.05, 4.69) is 10.3 Å². The molecule has 0 spiro atoms. The average molecular weight is 291 g/mol. The lowest BCUT2D eigenvalue weighted by Crippen LogP contribution is -2.39. The molecule has 0 saturated carbocycles. The fourth-order valence-corrected chi connectivity index (χ4v) is 2.68. The number of nitrogens with zero attached hydrogens (tertiary/aromatic N) is 1. The number of hydrogen-bond acceptors (Lipinski definition) is 3. The van der Waals surface area contributed by atoms with E-state index in [-0.39, 0.29) is 18.1 Å². The number of aromatic nitrogens is 1. The molecule has 1 aromatic heterocycles. The van der Waals surface area contributed by atoms with Gasteiger partial charge in [-0.25, -0.2) is 4.98 Å². The molecule has 1 aliphatic rings. The summed E-state index contributed by atoms with van der Waals surface area (Å²) < 4.78 is 5.43. The molecule has 1 amide bonds. The van der Waals surface area contributed by atoms with Crippen LogP contribution in [0.4, 0.5) is 0 Å². The number of para-hydroxylation sites is 1. The summed E-state index contributed by atoms with van der Waals surface area (Å²) in [6.45, 7) is 2.64. The number of pyridine rings is 1. The Morgan fingerprint density at radius 3 is 3.00 bits per heavy atom. The van der Waals surface area contributed by atoms with E-state index in [1.54, 1.807) is 6.07 Å². The Morgan fingerprint density at radius 2 is 2.25 bits per heavy atom. The van der Waals surface area contributed by atoms with E-state index < -0.39 is 0 Å². The number of amides is 1. The van der Waals surface area contributed by atoms with Crippen LogP contribution in [0.25, 0.3) is 10.9 Å². The lowest BCUT2D eigenvalue weighted by Gasteiger charge is -2.16. The minimum atomic E-state index is -0.208. The van der Waals surface area contributed by atoms with Crippen LogP contribution in [-0.2, 0) is 4.74 Å². The number of halogens is 1. The second-order valence-electron chi connectivity index (χ2n) is 4.95. The zero-order chi connectivity index (χ0) is 14.1. The summed E-state index contributed by atoms with van der Waals surface area (Å²) in [6, 6.07) is 9.15. The standard InChI is InChI=1S/C15H15ClN2O2/c1-9-12(6-7-20-9)18-15(19)14-8-11(16)10-4-2-3-5-13(10)17-14/h2-5,8-9,12H,6-7H2,1H3,(H,18,19). The number of carbonyl (C=O) groups is 1. The first kappa shape index (κ1) is 13.3. The molecule has 5 heteroatoms. The monoisotopic (exact) mass is 290 g/mol. The van der Waals surface area contributed by atoms with Gasteiger partial charge in [0.2, 0.25) is 0 Å². The number of ether oxygens (including phenoxy) is 1. The van der Waals surface area contributed by atoms with Crippen LogP contribution in [0.2, 0.25) is 5.02 Å². The van der Waals surface area contributed by atoms with Crippen LogP contribution in [0.15, 0.2) is 30.3 Å². The van der Waals surface area contributed by atoms with Crippen molar-refractivity contribution in [2.45, 2.75) is 25.5 Å². The number of benzene rings is 1. The number of hydrogen-bond donors (Lipinski definition) is 1. The highest BCUT2D eigenvalue weighted by Crippen LogP contribution is 2.23. The van der Waals surface area contributed by atoms with Gasteiger partial charge in [-0.2, -0.15) is 0 Å². The second kappa shape index (κ2) is 5.38. The Balaban J connectivity index is 1.88. The highest BCUT2D eigenvalue weighted by atomic mass is 35.5. The molecule has 0 bridgehead atoms. The van der Waals surface area contributed by atoms with Gasteiger partial charge in [-0.05, 0) is 25.5 Å². The van der Waals surface area contributed by atoms with E-state index in [4.69, 9.17) is 16.3 Å². The van der Waals surface area contributed by atoms with Gasteiger partial charge >= 0.3 is 0 Å². The topological polar surface area (TPSA) is 51.2 Å². The molecular formula is C15H15ClN2O2. The largest absolute Gasteiger partial charge is 0.376 e. The number of nitrogens with one attached hydrogen (secondary N) is 1. The Labute approximate surface area is 122 Å². The number of carbonyl (C=O) groups excluding carboxylic acids is 1. The molecule has 3 rings (SSSR count). The number of fused-ring (bicyclic) bond motifs is 1. The first-order valence-electron chi connectivity index (χ1n) is 6.63. The Kier molecular flexibility index (Phi) is 3.59. The third kappa shape index (κ3) is 2.49. The highest BCUT2D eigenvalue weighted by Gasteiger charge is 2.26. The second-order valence-corrected chi connectivity index (χ2v) is 5.36. The van der Waals surface area contributed by atoms with E-state index in [1.807, 2.05) is 31.2 Å². The summed E-state index contributed by atoms with van der Waals surface area (Å²) in [5.74, 6) is -0.208. The fourth-order valence-electron chi connectivity index (χ4n) is 2.41. The van der Waals surface area contributed by atoms with Gasteiger partial charge in [0.1, 0.15) is 5.69 Å². The average Bonchev–Trinajstić information content (AvgIpc) is 2.84. The minimum absolute atomic E-state index is 0.0366. The minimum Gasteiger partial charge on any atom is -0.376 e. The normalized spacial score (nSPS) is 22.1. The van der Waals surface area contributed by atoms with Crippen molar-refractivity contribution in [3.05, 3.63) is 41.0 Å². The SMILES string of the molecule is CC1OCCC1NC(=O)c1cc(Cl)c2ccccc2n1. The molecular weight excluding hydrogens is 276 g/mol. The lowest BCUT2D eigenvalue weighted by molar-refractivity contribution is 0.0862. The van der Waals surface area contributed by atoms with Gasteiger partial charge in [-0.15, -0.1) is 0 Å². The Morgan fingerprint density at radius 1 is 1.45 bits per heavy atom. The third-order valence-electron chi connectivity index (χ3n) is 3.59. The van der Waals surface area contributed by atoms with Gasteiger partial charge < -0.3 is 10.1 Å². The quantitative estimate of drug-likeness (QED) is 0.925. The van der Waals surface area contributed by atoms with Crippen LogP contribution in [0, 0.1) is 0 Å². The van der Waals surface area contributed by atoms with E-state index in [0.29, 0.717) is 17.3 Å². The predicted octanol–water partition coefficient (Wildman–Crippen LogP) is 2.80. The molecule has 20 heavy (non-hydrogen) atoms. The van der Waals surface area contributed by atoms with Crippen molar-refractivity contribution in [2.24, 2.45) is 0 Å². The van der Waals surface area contributed by atoms with Crippen LogP contribution in [-0.4, -0.2) is 29.6 Å². The molecule has 1 aliphatic heterocycles. The van der Waals surface area contributed by atoms with Crippen molar-refractivity contribution in [2.75, 3.05) is 6.61 Å². The highest BCUT2D eigenvalue weighted by molar-refractivity contribution is 6.35. The van der Waals surface area contributed by atoms with E-state index >= 15 is 0 Å². The predicted molar refractivity (Wildman–Crippen MR) is 78.0 cm³/mol. The van der Waals surface area contributed by atoms with Gasteiger partial charge in [0, 0.05) is 12.0 Å². The molecule has 1 fully saturated rings. The maximum atomic E-state index is 12.3. The van der Waals surface area contributed by atoms with E-state index in [9.17, 15) is 4.79 Å². The Bertz CT molecular complexity index is 659.